The van der Waals surface area contributed by atoms with Crippen LogP contribution in [0.3, 0.4) is 0 Å². The number of nitrogens with zero attached hydrogens (tertiary/aromatic N) is 2. The summed E-state index contributed by atoms with van der Waals surface area (Å²) in [6.07, 6.45) is 1.66. The molecule has 0 aliphatic rings. The highest BCUT2D eigenvalue weighted by molar-refractivity contribution is 5.90. The van der Waals surface area contributed by atoms with E-state index in [-0.39, 0.29) is 12.5 Å². The third-order valence-electron chi connectivity index (χ3n) is 2.43. The summed E-state index contributed by atoms with van der Waals surface area (Å²) >= 11 is 0. The minimum atomic E-state index is -0.188. The second-order valence-corrected chi connectivity index (χ2v) is 3.84. The quantitative estimate of drug-likeness (QED) is 0.868. The number of methoxy groups -OCH3 is 1. The highest BCUT2D eigenvalue weighted by Gasteiger charge is 2.07. The third-order valence-corrected chi connectivity index (χ3v) is 2.43. The zero-order chi connectivity index (χ0) is 12.8. The summed E-state index contributed by atoms with van der Waals surface area (Å²) in [5, 5.41) is 6.93. The number of ether oxygens (including phenoxy) is 1. The van der Waals surface area contributed by atoms with Crippen molar-refractivity contribution in [3.05, 3.63) is 48.2 Å². The zero-order valence-corrected chi connectivity index (χ0v) is 10.2. The highest BCUT2D eigenvalue weighted by atomic mass is 16.5. The maximum absolute atomic E-state index is 11.4. The predicted molar refractivity (Wildman–Crippen MR) is 68.3 cm³/mol. The normalized spacial score (nSPS) is 10.3. The first-order chi connectivity index (χ1) is 8.79. The molecule has 1 heterocycles. The topological polar surface area (TPSA) is 56.1 Å². The summed E-state index contributed by atoms with van der Waals surface area (Å²) in [5.41, 5.74) is 1.13. The molecule has 1 aromatic heterocycles. The molecule has 2 aromatic rings. The van der Waals surface area contributed by atoms with Crippen LogP contribution in [0.25, 0.3) is 0 Å². The van der Waals surface area contributed by atoms with Gasteiger partial charge in [0, 0.05) is 13.2 Å². The fourth-order valence-corrected chi connectivity index (χ4v) is 1.63. The van der Waals surface area contributed by atoms with Crippen LogP contribution in [0.5, 0.6) is 0 Å². The molecule has 94 valence electrons. The van der Waals surface area contributed by atoms with Crippen molar-refractivity contribution in [2.45, 2.75) is 6.54 Å². The molecule has 1 aromatic carbocycles. The van der Waals surface area contributed by atoms with E-state index in [0.29, 0.717) is 12.4 Å². The zero-order valence-electron chi connectivity index (χ0n) is 10.2. The second kappa shape index (κ2) is 5.97. The lowest BCUT2D eigenvalue weighted by Gasteiger charge is -2.08. The van der Waals surface area contributed by atoms with Crippen molar-refractivity contribution in [1.29, 1.82) is 0 Å². The standard InChI is InChI=1S/C13H15N3O2/c1-18-10-13(17)15-12-7-8-14-16(12)9-11-5-3-2-4-6-11/h2-8H,9-10H2,1H3,(H,15,17). The lowest BCUT2D eigenvalue weighted by molar-refractivity contribution is -0.119. The monoisotopic (exact) mass is 245 g/mol. The van der Waals surface area contributed by atoms with Crippen LogP contribution < -0.4 is 5.32 Å². The van der Waals surface area contributed by atoms with Crippen LogP contribution in [-0.2, 0) is 16.1 Å². The Kier molecular flexibility index (Phi) is 4.09. The van der Waals surface area contributed by atoms with E-state index in [9.17, 15) is 4.79 Å². The summed E-state index contributed by atoms with van der Waals surface area (Å²) in [6.45, 7) is 0.660. The van der Waals surface area contributed by atoms with E-state index in [0.717, 1.165) is 5.56 Å². The van der Waals surface area contributed by atoms with Crippen molar-refractivity contribution < 1.29 is 9.53 Å². The summed E-state index contributed by atoms with van der Waals surface area (Å²) in [5.74, 6) is 0.480. The van der Waals surface area contributed by atoms with Crippen LogP contribution in [0.2, 0.25) is 0 Å². The fraction of sp³-hybridized carbons (Fsp3) is 0.231. The van der Waals surface area contributed by atoms with Gasteiger partial charge in [-0.05, 0) is 5.56 Å². The number of anilines is 1. The van der Waals surface area contributed by atoms with Gasteiger partial charge in [-0.25, -0.2) is 4.68 Å². The Morgan fingerprint density at radius 1 is 1.33 bits per heavy atom. The molecule has 2 rings (SSSR count). The number of aromatic nitrogens is 2. The largest absolute Gasteiger partial charge is 0.375 e. The van der Waals surface area contributed by atoms with Gasteiger partial charge in [0.05, 0.1) is 12.7 Å². The molecule has 0 aliphatic carbocycles. The average molecular weight is 245 g/mol. The molecule has 0 fully saturated rings. The number of nitrogens with one attached hydrogen (secondary N) is 1. The smallest absolute Gasteiger partial charge is 0.251 e. The van der Waals surface area contributed by atoms with Crippen molar-refractivity contribution in [3.8, 4) is 0 Å². The Balaban J connectivity index is 2.06. The van der Waals surface area contributed by atoms with Crippen molar-refractivity contribution in [1.82, 2.24) is 9.78 Å². The van der Waals surface area contributed by atoms with E-state index in [1.165, 1.54) is 7.11 Å². The van der Waals surface area contributed by atoms with Crippen LogP contribution in [0.15, 0.2) is 42.6 Å². The van der Waals surface area contributed by atoms with Gasteiger partial charge in [0.2, 0.25) is 0 Å². The van der Waals surface area contributed by atoms with E-state index >= 15 is 0 Å². The van der Waals surface area contributed by atoms with Crippen molar-refractivity contribution in [2.24, 2.45) is 0 Å². The van der Waals surface area contributed by atoms with Crippen molar-refractivity contribution in [3.63, 3.8) is 0 Å². The van der Waals surface area contributed by atoms with Crippen LogP contribution in [0.4, 0.5) is 5.82 Å². The number of carbonyl (C=O) groups excluding carboxylic acids is 1. The van der Waals surface area contributed by atoms with Gasteiger partial charge in [0.15, 0.2) is 0 Å². The van der Waals surface area contributed by atoms with Crippen LogP contribution >= 0.6 is 0 Å². The number of rotatable bonds is 5. The summed E-state index contributed by atoms with van der Waals surface area (Å²) in [7, 11) is 1.49. The minimum Gasteiger partial charge on any atom is -0.375 e. The first kappa shape index (κ1) is 12.3. The van der Waals surface area contributed by atoms with E-state index in [1.807, 2.05) is 30.3 Å². The summed E-state index contributed by atoms with van der Waals surface area (Å²) in [4.78, 5) is 11.4. The average Bonchev–Trinajstić information content (AvgIpc) is 2.78. The minimum absolute atomic E-state index is 0.0382. The number of carbonyl (C=O) groups is 1. The lowest BCUT2D eigenvalue weighted by Crippen LogP contribution is -2.20. The van der Waals surface area contributed by atoms with Gasteiger partial charge in [-0.15, -0.1) is 0 Å². The molecule has 0 unspecified atom stereocenters. The van der Waals surface area contributed by atoms with E-state index in [1.54, 1.807) is 16.9 Å². The molecular weight excluding hydrogens is 230 g/mol. The molecule has 5 nitrogen and oxygen atoms in total. The number of benzene rings is 1. The van der Waals surface area contributed by atoms with E-state index in [4.69, 9.17) is 4.74 Å². The van der Waals surface area contributed by atoms with Gasteiger partial charge in [-0.1, -0.05) is 30.3 Å². The Morgan fingerprint density at radius 3 is 2.83 bits per heavy atom. The maximum atomic E-state index is 11.4. The summed E-state index contributed by atoms with van der Waals surface area (Å²) in [6, 6.07) is 11.7. The van der Waals surface area contributed by atoms with Gasteiger partial charge in [0.1, 0.15) is 12.4 Å². The summed E-state index contributed by atoms with van der Waals surface area (Å²) < 4.78 is 6.51. The van der Waals surface area contributed by atoms with Gasteiger partial charge < -0.3 is 10.1 Å². The van der Waals surface area contributed by atoms with E-state index in [2.05, 4.69) is 10.4 Å². The van der Waals surface area contributed by atoms with Gasteiger partial charge in [0.25, 0.3) is 5.91 Å². The molecule has 18 heavy (non-hydrogen) atoms. The molecule has 0 aliphatic heterocycles. The van der Waals surface area contributed by atoms with Crippen molar-refractivity contribution in [2.75, 3.05) is 19.0 Å². The van der Waals surface area contributed by atoms with Gasteiger partial charge in [-0.3, -0.25) is 4.79 Å². The number of amides is 1. The molecule has 5 heteroatoms. The first-order valence-electron chi connectivity index (χ1n) is 5.64. The van der Waals surface area contributed by atoms with Crippen LogP contribution in [0, 0.1) is 0 Å². The van der Waals surface area contributed by atoms with E-state index < -0.39 is 0 Å². The molecule has 0 bridgehead atoms. The number of hydrogen-bond acceptors (Lipinski definition) is 3. The highest BCUT2D eigenvalue weighted by Crippen LogP contribution is 2.09. The molecule has 0 spiro atoms. The number of hydrogen-bond donors (Lipinski definition) is 1. The van der Waals surface area contributed by atoms with Crippen LogP contribution in [0.1, 0.15) is 5.56 Å². The molecule has 0 saturated heterocycles. The fourth-order valence-electron chi connectivity index (χ4n) is 1.63. The second-order valence-electron chi connectivity index (χ2n) is 3.84. The molecule has 1 amide bonds. The Labute approximate surface area is 105 Å². The Bertz CT molecular complexity index is 508. The van der Waals surface area contributed by atoms with Gasteiger partial charge >= 0.3 is 0 Å². The first-order valence-corrected chi connectivity index (χ1v) is 5.64. The predicted octanol–water partition coefficient (Wildman–Crippen LogP) is 1.52. The lowest BCUT2D eigenvalue weighted by atomic mass is 10.2. The Morgan fingerprint density at radius 2 is 2.11 bits per heavy atom. The Hall–Kier alpha value is -2.14. The van der Waals surface area contributed by atoms with Gasteiger partial charge in [-0.2, -0.15) is 5.10 Å². The molecular formula is C13H15N3O2. The molecule has 1 N–H and O–H groups in total. The van der Waals surface area contributed by atoms with Crippen LogP contribution in [-0.4, -0.2) is 29.4 Å². The van der Waals surface area contributed by atoms with Crippen molar-refractivity contribution >= 4 is 11.7 Å². The molecule has 0 atom stereocenters. The SMILES string of the molecule is COCC(=O)Nc1ccnn1Cc1ccccc1. The third kappa shape index (κ3) is 3.18. The molecule has 0 saturated carbocycles. The maximum Gasteiger partial charge on any atom is 0.251 e. The molecule has 0 radical (unpaired) electrons.